The van der Waals surface area contributed by atoms with E-state index >= 15 is 0 Å². The van der Waals surface area contributed by atoms with Crippen LogP contribution in [0.4, 0.5) is 5.69 Å². The topological polar surface area (TPSA) is 111 Å². The second-order valence-electron chi connectivity index (χ2n) is 7.54. The number of aliphatic carboxylic acids is 1. The van der Waals surface area contributed by atoms with Crippen LogP contribution in [-0.4, -0.2) is 32.6 Å². The van der Waals surface area contributed by atoms with Crippen molar-refractivity contribution in [1.82, 2.24) is 9.55 Å². The fourth-order valence-corrected chi connectivity index (χ4v) is 3.53. The molecule has 0 bridgehead atoms. The van der Waals surface area contributed by atoms with Crippen molar-refractivity contribution in [1.29, 1.82) is 0 Å². The number of hydrogen-bond donors (Lipinski definition) is 2. The Labute approximate surface area is 177 Å². The third-order valence-corrected chi connectivity index (χ3v) is 4.89. The van der Waals surface area contributed by atoms with E-state index in [-0.39, 0.29) is 17.4 Å². The van der Waals surface area contributed by atoms with Crippen LogP contribution >= 0.6 is 0 Å². The van der Waals surface area contributed by atoms with Gasteiger partial charge in [0, 0.05) is 12.2 Å². The van der Waals surface area contributed by atoms with E-state index in [1.54, 1.807) is 10.6 Å². The molecule has 3 aromatic rings. The quantitative estimate of drug-likeness (QED) is 0.629. The maximum Gasteiger partial charge on any atom is 0.394 e. The summed E-state index contributed by atoms with van der Waals surface area (Å²) >= 11 is 0. The number of carbonyl (C=O) groups excluding carboxylic acids is 1. The summed E-state index contributed by atoms with van der Waals surface area (Å²) in [5.41, 5.74) is 2.39. The molecule has 2 heterocycles. The number of anilines is 1. The normalized spacial score (nSPS) is 14.1. The van der Waals surface area contributed by atoms with Crippen molar-refractivity contribution in [3.63, 3.8) is 0 Å². The van der Waals surface area contributed by atoms with Crippen LogP contribution in [0, 0.1) is 0 Å². The van der Waals surface area contributed by atoms with E-state index < -0.39 is 11.9 Å². The monoisotopic (exact) mass is 419 g/mol. The molecule has 0 saturated heterocycles. The molecule has 1 amide bonds. The zero-order chi connectivity index (χ0) is 22.1. The Hall–Kier alpha value is -3.94. The summed E-state index contributed by atoms with van der Waals surface area (Å²) in [4.78, 5) is 39.7. The molecule has 8 heteroatoms. The molecule has 2 N–H and O–H groups in total. The number of carbonyl (C=O) groups is 2. The first kappa shape index (κ1) is 20.3. The smallest absolute Gasteiger partial charge is 0.394 e. The average Bonchev–Trinajstić information content (AvgIpc) is 3.12. The molecule has 0 radical (unpaired) electrons. The van der Waals surface area contributed by atoms with E-state index in [0.717, 1.165) is 16.9 Å². The number of benzene rings is 2. The highest BCUT2D eigenvalue weighted by atomic mass is 16.5. The molecule has 31 heavy (non-hydrogen) atoms. The molecule has 0 aliphatic carbocycles. The van der Waals surface area contributed by atoms with E-state index in [1.165, 1.54) is 12.1 Å². The minimum atomic E-state index is -1.59. The minimum Gasteiger partial charge on any atom is -0.491 e. The summed E-state index contributed by atoms with van der Waals surface area (Å²) < 4.78 is 7.31. The fraction of sp³-hybridized carbons (Fsp3) is 0.217. The summed E-state index contributed by atoms with van der Waals surface area (Å²) in [5, 5.41) is 11.5. The van der Waals surface area contributed by atoms with Gasteiger partial charge < -0.3 is 15.2 Å². The van der Waals surface area contributed by atoms with Crippen molar-refractivity contribution in [2.45, 2.75) is 32.9 Å². The van der Waals surface area contributed by atoms with Crippen LogP contribution in [0.25, 0.3) is 22.6 Å². The van der Waals surface area contributed by atoms with Gasteiger partial charge in [0.25, 0.3) is 5.56 Å². The first-order chi connectivity index (χ1) is 14.8. The van der Waals surface area contributed by atoms with Crippen LogP contribution in [0.2, 0.25) is 0 Å². The second kappa shape index (κ2) is 8.06. The Morgan fingerprint density at radius 3 is 2.61 bits per heavy atom. The summed E-state index contributed by atoms with van der Waals surface area (Å²) in [7, 11) is 0. The average molecular weight is 419 g/mol. The molecule has 1 aromatic heterocycles. The van der Waals surface area contributed by atoms with Crippen LogP contribution in [0.5, 0.6) is 5.75 Å². The van der Waals surface area contributed by atoms with Crippen molar-refractivity contribution in [3.8, 4) is 5.75 Å². The van der Waals surface area contributed by atoms with E-state index in [0.29, 0.717) is 29.7 Å². The Morgan fingerprint density at radius 2 is 1.94 bits per heavy atom. The highest BCUT2D eigenvalue weighted by Crippen LogP contribution is 2.28. The van der Waals surface area contributed by atoms with E-state index in [2.05, 4.69) is 10.3 Å². The Kier molecular flexibility index (Phi) is 5.29. The number of fused-ring (bicyclic) bond motifs is 2. The number of amides is 1. The van der Waals surface area contributed by atoms with E-state index in [4.69, 9.17) is 9.84 Å². The third-order valence-electron chi connectivity index (χ3n) is 4.89. The lowest BCUT2D eigenvalue weighted by atomic mass is 10.1. The molecule has 0 saturated carbocycles. The van der Waals surface area contributed by atoms with Gasteiger partial charge in [-0.15, -0.1) is 0 Å². The van der Waals surface area contributed by atoms with Crippen molar-refractivity contribution < 1.29 is 19.4 Å². The van der Waals surface area contributed by atoms with Gasteiger partial charge in [-0.05, 0) is 67.8 Å². The largest absolute Gasteiger partial charge is 0.491 e. The predicted molar refractivity (Wildman–Crippen MR) is 117 cm³/mol. The van der Waals surface area contributed by atoms with Gasteiger partial charge in [-0.2, -0.15) is 0 Å². The summed E-state index contributed by atoms with van der Waals surface area (Å²) in [6.45, 7) is 4.48. The first-order valence-corrected chi connectivity index (χ1v) is 9.88. The molecule has 0 fully saturated rings. The van der Waals surface area contributed by atoms with Gasteiger partial charge in [-0.3, -0.25) is 14.2 Å². The third kappa shape index (κ3) is 4.18. The van der Waals surface area contributed by atoms with Gasteiger partial charge in [0.05, 0.1) is 17.0 Å². The SMILES string of the molecule is CC(C)Oc1ccc(/C=C2\CCn3c2nc2cc(NC(=O)C(=O)O)ccc2c3=O)cc1. The molecule has 1 aliphatic heterocycles. The van der Waals surface area contributed by atoms with Gasteiger partial charge in [0.1, 0.15) is 11.6 Å². The summed E-state index contributed by atoms with van der Waals surface area (Å²) in [6.07, 6.45) is 2.76. The van der Waals surface area contributed by atoms with E-state index in [1.807, 2.05) is 44.2 Å². The first-order valence-electron chi connectivity index (χ1n) is 9.88. The predicted octanol–water partition coefficient (Wildman–Crippen LogP) is 3.15. The number of carboxylic acids is 1. The molecule has 0 unspecified atom stereocenters. The van der Waals surface area contributed by atoms with Gasteiger partial charge >= 0.3 is 11.9 Å². The van der Waals surface area contributed by atoms with Gasteiger partial charge in [-0.1, -0.05) is 12.1 Å². The zero-order valence-electron chi connectivity index (χ0n) is 17.1. The highest BCUT2D eigenvalue weighted by molar-refractivity contribution is 6.36. The van der Waals surface area contributed by atoms with Crippen LogP contribution in [-0.2, 0) is 16.1 Å². The van der Waals surface area contributed by atoms with Crippen molar-refractivity contribution in [2.75, 3.05) is 5.32 Å². The molecule has 4 rings (SSSR count). The van der Waals surface area contributed by atoms with Crippen LogP contribution in [0.15, 0.2) is 47.3 Å². The Morgan fingerprint density at radius 1 is 1.19 bits per heavy atom. The molecule has 1 aliphatic rings. The van der Waals surface area contributed by atoms with Gasteiger partial charge in [0.2, 0.25) is 0 Å². The second-order valence-corrected chi connectivity index (χ2v) is 7.54. The van der Waals surface area contributed by atoms with Crippen molar-refractivity contribution in [2.24, 2.45) is 0 Å². The Bertz CT molecular complexity index is 1270. The van der Waals surface area contributed by atoms with Crippen LogP contribution < -0.4 is 15.6 Å². The lowest BCUT2D eigenvalue weighted by Crippen LogP contribution is -2.23. The van der Waals surface area contributed by atoms with Crippen LogP contribution in [0.3, 0.4) is 0 Å². The molecule has 0 atom stereocenters. The molecule has 0 spiro atoms. The van der Waals surface area contributed by atoms with Gasteiger partial charge in [0.15, 0.2) is 0 Å². The van der Waals surface area contributed by atoms with Crippen LogP contribution in [0.1, 0.15) is 31.7 Å². The lowest BCUT2D eigenvalue weighted by molar-refractivity contribution is -0.147. The standard InChI is InChI=1S/C23H21N3O5/c1-13(2)31-17-6-3-14(4-7-17)11-15-9-10-26-20(15)25-19-12-16(24-21(27)23(29)30)5-8-18(19)22(26)28/h3-8,11-13H,9-10H2,1-2H3,(H,24,27)(H,29,30)/b15-11+. The molecular formula is C23H21N3O5. The molecule has 158 valence electrons. The number of nitrogens with one attached hydrogen (secondary N) is 1. The summed E-state index contributed by atoms with van der Waals surface area (Å²) in [5.74, 6) is -1.37. The number of hydrogen-bond acceptors (Lipinski definition) is 5. The minimum absolute atomic E-state index is 0.0976. The number of ether oxygens (including phenoxy) is 1. The number of nitrogens with zero attached hydrogens (tertiary/aromatic N) is 2. The zero-order valence-corrected chi connectivity index (χ0v) is 17.1. The van der Waals surface area contributed by atoms with Gasteiger partial charge in [-0.25, -0.2) is 9.78 Å². The Balaban J connectivity index is 1.70. The highest BCUT2D eigenvalue weighted by Gasteiger charge is 2.21. The number of carboxylic acid groups (broad SMARTS) is 1. The van der Waals surface area contributed by atoms with Crippen molar-refractivity contribution in [3.05, 3.63) is 64.2 Å². The lowest BCUT2D eigenvalue weighted by Gasteiger charge is -2.09. The fourth-order valence-electron chi connectivity index (χ4n) is 3.53. The number of rotatable bonds is 4. The number of allylic oxidation sites excluding steroid dienone is 1. The maximum absolute atomic E-state index is 12.9. The summed E-state index contributed by atoms with van der Waals surface area (Å²) in [6, 6.07) is 12.3. The molecule has 2 aromatic carbocycles. The number of aromatic nitrogens is 2. The van der Waals surface area contributed by atoms with Crippen molar-refractivity contribution >= 4 is 40.1 Å². The molecule has 8 nitrogen and oxygen atoms in total. The maximum atomic E-state index is 12.9. The molecular weight excluding hydrogens is 398 g/mol. The van der Waals surface area contributed by atoms with E-state index in [9.17, 15) is 14.4 Å².